The quantitative estimate of drug-likeness (QED) is 0.836. The van der Waals surface area contributed by atoms with E-state index in [0.717, 1.165) is 26.2 Å². The third-order valence-electron chi connectivity index (χ3n) is 3.89. The average molecular weight is 276 g/mol. The van der Waals surface area contributed by atoms with E-state index in [1.165, 1.54) is 23.2 Å². The monoisotopic (exact) mass is 276 g/mol. The maximum Gasteiger partial charge on any atom is 0.0723 e. The summed E-state index contributed by atoms with van der Waals surface area (Å²) in [6, 6.07) is 7.24. The van der Waals surface area contributed by atoms with Crippen LogP contribution in [0.25, 0.3) is 0 Å². The van der Waals surface area contributed by atoms with Gasteiger partial charge in [-0.25, -0.2) is 0 Å². The van der Waals surface area contributed by atoms with Crippen LogP contribution in [0.3, 0.4) is 0 Å². The molecule has 20 heavy (non-hydrogen) atoms. The molecule has 3 nitrogen and oxygen atoms in total. The Labute approximate surface area is 123 Å². The van der Waals surface area contributed by atoms with Crippen molar-refractivity contribution in [3.05, 3.63) is 29.3 Å². The Morgan fingerprint density at radius 2 is 2.15 bits per heavy atom. The van der Waals surface area contributed by atoms with Crippen molar-refractivity contribution < 1.29 is 4.74 Å². The molecule has 0 spiro atoms. The Balaban J connectivity index is 2.20. The molecule has 0 aromatic heterocycles. The number of nitrogens with zero attached hydrogens (tertiary/aromatic N) is 1. The zero-order chi connectivity index (χ0) is 14.5. The van der Waals surface area contributed by atoms with E-state index in [-0.39, 0.29) is 0 Å². The van der Waals surface area contributed by atoms with Crippen molar-refractivity contribution in [2.45, 2.75) is 52.8 Å². The fourth-order valence-electron chi connectivity index (χ4n) is 2.77. The maximum absolute atomic E-state index is 5.75. The Morgan fingerprint density at radius 1 is 1.35 bits per heavy atom. The first kappa shape index (κ1) is 15.3. The Hall–Kier alpha value is -1.06. The molecule has 1 aromatic carbocycles. The fourth-order valence-corrected chi connectivity index (χ4v) is 2.77. The molecule has 1 N–H and O–H groups in total. The van der Waals surface area contributed by atoms with Gasteiger partial charge in [-0.3, -0.25) is 0 Å². The minimum atomic E-state index is 0.309. The second-order valence-corrected chi connectivity index (χ2v) is 5.95. The molecule has 1 aliphatic heterocycles. The lowest BCUT2D eigenvalue weighted by molar-refractivity contribution is 0.0343. The highest BCUT2D eigenvalue weighted by atomic mass is 16.5. The number of ether oxygens (including phenoxy) is 1. The smallest absolute Gasteiger partial charge is 0.0723 e. The molecule has 112 valence electrons. The summed E-state index contributed by atoms with van der Waals surface area (Å²) in [6.45, 7) is 12.6. The molecule has 0 bridgehead atoms. The van der Waals surface area contributed by atoms with Gasteiger partial charge in [0.15, 0.2) is 0 Å². The van der Waals surface area contributed by atoms with Crippen LogP contribution >= 0.6 is 0 Å². The predicted octanol–water partition coefficient (Wildman–Crippen LogP) is 3.11. The number of morpholine rings is 1. The van der Waals surface area contributed by atoms with Gasteiger partial charge in [-0.05, 0) is 45.4 Å². The molecule has 0 aliphatic carbocycles. The van der Waals surface area contributed by atoms with Crippen LogP contribution < -0.4 is 10.2 Å². The van der Waals surface area contributed by atoms with E-state index in [1.54, 1.807) is 0 Å². The molecule has 2 atom stereocenters. The van der Waals surface area contributed by atoms with Crippen LogP contribution in [0.4, 0.5) is 5.69 Å². The number of rotatable bonds is 5. The minimum Gasteiger partial charge on any atom is -0.375 e. The normalized spacial score (nSPS) is 23.1. The fraction of sp³-hybridized carbons (Fsp3) is 0.647. The van der Waals surface area contributed by atoms with E-state index >= 15 is 0 Å². The first-order valence-electron chi connectivity index (χ1n) is 7.80. The topological polar surface area (TPSA) is 24.5 Å². The van der Waals surface area contributed by atoms with E-state index in [2.05, 4.69) is 56.1 Å². The van der Waals surface area contributed by atoms with Crippen molar-refractivity contribution in [1.29, 1.82) is 0 Å². The van der Waals surface area contributed by atoms with Crippen LogP contribution in [0, 0.1) is 6.92 Å². The molecule has 1 fully saturated rings. The molecular formula is C17H28N2O. The Kier molecular flexibility index (Phi) is 5.44. The van der Waals surface area contributed by atoms with Crippen molar-refractivity contribution in [2.24, 2.45) is 0 Å². The van der Waals surface area contributed by atoms with Gasteiger partial charge in [0.05, 0.1) is 12.7 Å². The first-order valence-corrected chi connectivity index (χ1v) is 7.80. The van der Waals surface area contributed by atoms with Gasteiger partial charge in [0.25, 0.3) is 0 Å². The van der Waals surface area contributed by atoms with E-state index in [4.69, 9.17) is 4.74 Å². The zero-order valence-corrected chi connectivity index (χ0v) is 13.3. The summed E-state index contributed by atoms with van der Waals surface area (Å²) >= 11 is 0. The average Bonchev–Trinajstić information content (AvgIpc) is 2.42. The molecular weight excluding hydrogens is 248 g/mol. The molecule has 1 aliphatic rings. The van der Waals surface area contributed by atoms with Crippen LogP contribution in [0.2, 0.25) is 0 Å². The van der Waals surface area contributed by atoms with Gasteiger partial charge < -0.3 is 15.0 Å². The van der Waals surface area contributed by atoms with Gasteiger partial charge in [-0.1, -0.05) is 24.6 Å². The van der Waals surface area contributed by atoms with Crippen LogP contribution in [0.1, 0.15) is 38.3 Å². The first-order chi connectivity index (χ1) is 9.61. The molecule has 1 saturated heterocycles. The summed E-state index contributed by atoms with van der Waals surface area (Å²) < 4.78 is 5.75. The minimum absolute atomic E-state index is 0.309. The third kappa shape index (κ3) is 3.74. The summed E-state index contributed by atoms with van der Waals surface area (Å²) in [5, 5.41) is 3.53. The van der Waals surface area contributed by atoms with E-state index in [9.17, 15) is 0 Å². The van der Waals surface area contributed by atoms with E-state index in [0.29, 0.717) is 12.1 Å². The van der Waals surface area contributed by atoms with Gasteiger partial charge in [-0.15, -0.1) is 0 Å². The molecule has 0 radical (unpaired) electrons. The SMILES string of the molecule is CCCNCc1cc(C)ccc1N1CC(C)OCC1C. The standard InChI is InChI=1S/C17H28N2O/c1-5-8-18-10-16-9-13(2)6-7-17(16)19-11-15(4)20-12-14(19)3/h6-7,9,14-15,18H,5,8,10-12H2,1-4H3. The lowest BCUT2D eigenvalue weighted by atomic mass is 10.1. The number of aryl methyl sites for hydroxylation is 1. The highest BCUT2D eigenvalue weighted by Crippen LogP contribution is 2.26. The third-order valence-corrected chi connectivity index (χ3v) is 3.89. The molecule has 1 aromatic rings. The van der Waals surface area contributed by atoms with Gasteiger partial charge in [-0.2, -0.15) is 0 Å². The van der Waals surface area contributed by atoms with Crippen molar-refractivity contribution >= 4 is 5.69 Å². The number of hydrogen-bond acceptors (Lipinski definition) is 3. The van der Waals surface area contributed by atoms with Gasteiger partial charge in [0.1, 0.15) is 0 Å². The number of hydrogen-bond donors (Lipinski definition) is 1. The summed E-state index contributed by atoms with van der Waals surface area (Å²) in [7, 11) is 0. The largest absolute Gasteiger partial charge is 0.375 e. The lowest BCUT2D eigenvalue weighted by Gasteiger charge is -2.39. The van der Waals surface area contributed by atoms with Gasteiger partial charge in [0.2, 0.25) is 0 Å². The van der Waals surface area contributed by atoms with Crippen LogP contribution in [0.15, 0.2) is 18.2 Å². The molecule has 0 saturated carbocycles. The zero-order valence-electron chi connectivity index (χ0n) is 13.3. The van der Waals surface area contributed by atoms with Crippen molar-refractivity contribution in [3.8, 4) is 0 Å². The summed E-state index contributed by atoms with van der Waals surface area (Å²) in [5.41, 5.74) is 4.09. The number of benzene rings is 1. The van der Waals surface area contributed by atoms with Crippen molar-refractivity contribution in [3.63, 3.8) is 0 Å². The lowest BCUT2D eigenvalue weighted by Crippen LogP contribution is -2.47. The van der Waals surface area contributed by atoms with Crippen LogP contribution in [-0.4, -0.2) is 31.8 Å². The highest BCUT2D eigenvalue weighted by molar-refractivity contribution is 5.56. The molecule has 1 heterocycles. The van der Waals surface area contributed by atoms with Crippen LogP contribution in [-0.2, 0) is 11.3 Å². The van der Waals surface area contributed by atoms with E-state index in [1.807, 2.05) is 0 Å². The summed E-state index contributed by atoms with van der Waals surface area (Å²) in [4.78, 5) is 2.50. The number of anilines is 1. The molecule has 0 amide bonds. The predicted molar refractivity (Wildman–Crippen MR) is 85.4 cm³/mol. The Bertz CT molecular complexity index is 433. The molecule has 3 heteroatoms. The second kappa shape index (κ2) is 7.09. The number of nitrogens with one attached hydrogen (secondary N) is 1. The second-order valence-electron chi connectivity index (χ2n) is 5.95. The van der Waals surface area contributed by atoms with E-state index < -0.39 is 0 Å². The highest BCUT2D eigenvalue weighted by Gasteiger charge is 2.25. The summed E-state index contributed by atoms with van der Waals surface area (Å²) in [6.07, 6.45) is 1.48. The molecule has 2 unspecified atom stereocenters. The van der Waals surface area contributed by atoms with Gasteiger partial charge in [0, 0.05) is 24.8 Å². The van der Waals surface area contributed by atoms with Gasteiger partial charge >= 0.3 is 0 Å². The Morgan fingerprint density at radius 3 is 2.90 bits per heavy atom. The van der Waals surface area contributed by atoms with Crippen LogP contribution in [0.5, 0.6) is 0 Å². The molecule has 2 rings (SSSR count). The van der Waals surface area contributed by atoms with Crippen molar-refractivity contribution in [2.75, 3.05) is 24.6 Å². The van der Waals surface area contributed by atoms with Crippen molar-refractivity contribution in [1.82, 2.24) is 5.32 Å². The summed E-state index contributed by atoms with van der Waals surface area (Å²) in [5.74, 6) is 0. The maximum atomic E-state index is 5.75.